The zero-order valence-electron chi connectivity index (χ0n) is 11.9. The van der Waals surface area contributed by atoms with Gasteiger partial charge in [0.25, 0.3) is 0 Å². The van der Waals surface area contributed by atoms with Crippen molar-refractivity contribution < 1.29 is 4.74 Å². The third-order valence-corrected chi connectivity index (χ3v) is 3.87. The summed E-state index contributed by atoms with van der Waals surface area (Å²) in [6, 6.07) is 10.0. The summed E-state index contributed by atoms with van der Waals surface area (Å²) in [5.74, 6) is 0. The van der Waals surface area contributed by atoms with Gasteiger partial charge in [-0.05, 0) is 18.6 Å². The summed E-state index contributed by atoms with van der Waals surface area (Å²) in [7, 11) is 0. The highest BCUT2D eigenvalue weighted by Crippen LogP contribution is 2.21. The Labute approximate surface area is 119 Å². The number of nitrogens with two attached hydrogens (primary N) is 1. The molecule has 1 aromatic carbocycles. The first-order valence-corrected chi connectivity index (χ1v) is 7.24. The minimum absolute atomic E-state index is 0.349. The molecule has 0 aliphatic carbocycles. The van der Waals surface area contributed by atoms with Crippen LogP contribution in [0.25, 0.3) is 10.9 Å². The third kappa shape index (κ3) is 2.76. The Kier molecular flexibility index (Phi) is 3.85. The third-order valence-electron chi connectivity index (χ3n) is 3.87. The van der Waals surface area contributed by atoms with Crippen molar-refractivity contribution in [1.29, 1.82) is 0 Å². The highest BCUT2D eigenvalue weighted by Gasteiger charge is 2.19. The summed E-state index contributed by atoms with van der Waals surface area (Å²) in [5, 5.41) is 1.03. The van der Waals surface area contributed by atoms with Crippen LogP contribution in [0.4, 0.5) is 5.69 Å². The summed E-state index contributed by atoms with van der Waals surface area (Å²) in [4.78, 5) is 7.12. The Hall–Kier alpha value is -1.65. The molecule has 1 aliphatic rings. The number of anilines is 1. The van der Waals surface area contributed by atoms with Crippen LogP contribution in [-0.2, 0) is 11.3 Å². The van der Waals surface area contributed by atoms with Crippen molar-refractivity contribution in [2.75, 3.05) is 25.4 Å². The van der Waals surface area contributed by atoms with Crippen LogP contribution in [0.1, 0.15) is 19.0 Å². The van der Waals surface area contributed by atoms with E-state index in [2.05, 4.69) is 11.8 Å². The lowest BCUT2D eigenvalue weighted by Gasteiger charge is -2.32. The minimum atomic E-state index is 0.349. The van der Waals surface area contributed by atoms with Gasteiger partial charge >= 0.3 is 0 Å². The molecule has 2 heterocycles. The number of para-hydroxylation sites is 1. The van der Waals surface area contributed by atoms with Crippen LogP contribution in [-0.4, -0.2) is 35.7 Å². The van der Waals surface area contributed by atoms with E-state index in [-0.39, 0.29) is 0 Å². The highest BCUT2D eigenvalue weighted by molar-refractivity contribution is 5.90. The molecule has 0 saturated carbocycles. The fourth-order valence-electron chi connectivity index (χ4n) is 2.74. The Balaban J connectivity index is 1.80. The Morgan fingerprint density at radius 1 is 1.40 bits per heavy atom. The fraction of sp³-hybridized carbons (Fsp3) is 0.438. The summed E-state index contributed by atoms with van der Waals surface area (Å²) < 4.78 is 5.70. The van der Waals surface area contributed by atoms with E-state index in [0.717, 1.165) is 54.9 Å². The van der Waals surface area contributed by atoms with E-state index in [0.29, 0.717) is 6.10 Å². The molecule has 2 N–H and O–H groups in total. The average Bonchev–Trinajstić information content (AvgIpc) is 2.47. The topological polar surface area (TPSA) is 51.4 Å². The quantitative estimate of drug-likeness (QED) is 0.931. The molecule has 20 heavy (non-hydrogen) atoms. The molecule has 1 aromatic heterocycles. The molecule has 1 aliphatic heterocycles. The van der Waals surface area contributed by atoms with Crippen LogP contribution in [0.2, 0.25) is 0 Å². The number of nitrogens with zero attached hydrogens (tertiary/aromatic N) is 2. The number of benzene rings is 1. The first-order valence-electron chi connectivity index (χ1n) is 7.24. The van der Waals surface area contributed by atoms with Gasteiger partial charge in [-0.25, -0.2) is 0 Å². The number of fused-ring (bicyclic) bond motifs is 1. The van der Waals surface area contributed by atoms with Crippen molar-refractivity contribution in [3.8, 4) is 0 Å². The largest absolute Gasteiger partial charge is 0.398 e. The second-order valence-corrected chi connectivity index (χ2v) is 5.36. The van der Waals surface area contributed by atoms with Crippen molar-refractivity contribution in [1.82, 2.24) is 9.88 Å². The first-order chi connectivity index (χ1) is 9.76. The molecule has 106 valence electrons. The zero-order chi connectivity index (χ0) is 13.9. The summed E-state index contributed by atoms with van der Waals surface area (Å²) >= 11 is 0. The summed E-state index contributed by atoms with van der Waals surface area (Å²) in [5.41, 5.74) is 8.96. The second kappa shape index (κ2) is 5.77. The van der Waals surface area contributed by atoms with E-state index in [4.69, 9.17) is 15.5 Å². The van der Waals surface area contributed by atoms with Crippen molar-refractivity contribution >= 4 is 16.6 Å². The number of aromatic nitrogens is 1. The van der Waals surface area contributed by atoms with Gasteiger partial charge in [0.05, 0.1) is 23.9 Å². The van der Waals surface area contributed by atoms with E-state index in [1.807, 2.05) is 30.3 Å². The molecule has 0 spiro atoms. The Morgan fingerprint density at radius 3 is 3.10 bits per heavy atom. The molecule has 1 saturated heterocycles. The number of nitrogen functional groups attached to an aromatic ring is 1. The number of morpholine rings is 1. The summed E-state index contributed by atoms with van der Waals surface area (Å²) in [6.07, 6.45) is 1.41. The van der Waals surface area contributed by atoms with Crippen LogP contribution in [0, 0.1) is 0 Å². The molecule has 3 rings (SSSR count). The van der Waals surface area contributed by atoms with Gasteiger partial charge in [-0.3, -0.25) is 9.88 Å². The van der Waals surface area contributed by atoms with Gasteiger partial charge < -0.3 is 10.5 Å². The van der Waals surface area contributed by atoms with Crippen molar-refractivity contribution in [2.45, 2.75) is 26.0 Å². The van der Waals surface area contributed by atoms with Gasteiger partial charge in [0.15, 0.2) is 0 Å². The fourth-order valence-corrected chi connectivity index (χ4v) is 2.74. The van der Waals surface area contributed by atoms with Gasteiger partial charge in [-0.2, -0.15) is 0 Å². The maximum atomic E-state index is 6.13. The lowest BCUT2D eigenvalue weighted by Crippen LogP contribution is -2.41. The second-order valence-electron chi connectivity index (χ2n) is 5.36. The van der Waals surface area contributed by atoms with E-state index in [1.165, 1.54) is 0 Å². The Morgan fingerprint density at radius 2 is 2.25 bits per heavy atom. The molecule has 1 fully saturated rings. The van der Waals surface area contributed by atoms with Gasteiger partial charge in [0.1, 0.15) is 0 Å². The molecule has 0 radical (unpaired) electrons. The number of hydrogen-bond acceptors (Lipinski definition) is 4. The SMILES string of the molecule is CCC1CN(Cc2cc(N)c3ccccc3n2)CCO1. The smallest absolute Gasteiger partial charge is 0.0726 e. The molecular formula is C16H21N3O. The maximum Gasteiger partial charge on any atom is 0.0726 e. The highest BCUT2D eigenvalue weighted by atomic mass is 16.5. The van der Waals surface area contributed by atoms with Crippen LogP contribution < -0.4 is 5.73 Å². The lowest BCUT2D eigenvalue weighted by atomic mass is 10.1. The normalized spacial score (nSPS) is 20.4. The Bertz CT molecular complexity index is 599. The van der Waals surface area contributed by atoms with Gasteiger partial charge in [0, 0.05) is 30.7 Å². The van der Waals surface area contributed by atoms with Crippen LogP contribution in [0.15, 0.2) is 30.3 Å². The molecule has 4 heteroatoms. The molecule has 1 unspecified atom stereocenters. The predicted molar refractivity (Wildman–Crippen MR) is 81.5 cm³/mol. The zero-order valence-corrected chi connectivity index (χ0v) is 11.9. The van der Waals surface area contributed by atoms with Crippen molar-refractivity contribution in [2.24, 2.45) is 0 Å². The van der Waals surface area contributed by atoms with E-state index >= 15 is 0 Å². The number of ether oxygens (including phenoxy) is 1. The molecule has 1 atom stereocenters. The molecular weight excluding hydrogens is 250 g/mol. The van der Waals surface area contributed by atoms with E-state index in [1.54, 1.807) is 0 Å². The average molecular weight is 271 g/mol. The van der Waals surface area contributed by atoms with E-state index < -0.39 is 0 Å². The van der Waals surface area contributed by atoms with E-state index in [9.17, 15) is 0 Å². The minimum Gasteiger partial charge on any atom is -0.398 e. The monoisotopic (exact) mass is 271 g/mol. The van der Waals surface area contributed by atoms with Crippen LogP contribution in [0.5, 0.6) is 0 Å². The molecule has 2 aromatic rings. The molecule has 0 bridgehead atoms. The first kappa shape index (κ1) is 13.3. The van der Waals surface area contributed by atoms with Crippen molar-refractivity contribution in [3.05, 3.63) is 36.0 Å². The predicted octanol–water partition coefficient (Wildman–Crippen LogP) is 2.43. The van der Waals surface area contributed by atoms with Crippen LogP contribution in [0.3, 0.4) is 0 Å². The standard InChI is InChI=1S/C16H21N3O/c1-2-13-11-19(7-8-20-13)10-12-9-15(17)14-5-3-4-6-16(14)18-12/h3-6,9,13H,2,7-8,10-11H2,1H3,(H2,17,18). The number of pyridine rings is 1. The molecule has 4 nitrogen and oxygen atoms in total. The van der Waals surface area contributed by atoms with Gasteiger partial charge in [0.2, 0.25) is 0 Å². The van der Waals surface area contributed by atoms with Gasteiger partial charge in [-0.1, -0.05) is 25.1 Å². The lowest BCUT2D eigenvalue weighted by molar-refractivity contribution is -0.0327. The maximum absolute atomic E-state index is 6.13. The van der Waals surface area contributed by atoms with Gasteiger partial charge in [-0.15, -0.1) is 0 Å². The number of hydrogen-bond donors (Lipinski definition) is 1. The molecule has 0 amide bonds. The number of rotatable bonds is 3. The van der Waals surface area contributed by atoms with Crippen LogP contribution >= 0.6 is 0 Å². The van der Waals surface area contributed by atoms with Crippen molar-refractivity contribution in [3.63, 3.8) is 0 Å². The summed E-state index contributed by atoms with van der Waals surface area (Å²) in [6.45, 7) is 5.76.